The molecule has 1 saturated heterocycles. The SMILES string of the molecule is COc1ccccc1N1CCN(c2ccc(NC(=O)c3cccs3)cc2C(=O)NC(C)C)CC1. The number of benzene rings is 2. The molecular formula is C26H30N4O3S. The molecule has 8 heteroatoms. The normalized spacial score (nSPS) is 13.6. The first-order chi connectivity index (χ1) is 16.5. The molecule has 1 aliphatic heterocycles. The van der Waals surface area contributed by atoms with Gasteiger partial charge in [0.25, 0.3) is 11.8 Å². The summed E-state index contributed by atoms with van der Waals surface area (Å²) in [5.41, 5.74) is 3.10. The van der Waals surface area contributed by atoms with Gasteiger partial charge in [-0.05, 0) is 55.6 Å². The van der Waals surface area contributed by atoms with Crippen LogP contribution in [0.2, 0.25) is 0 Å². The second-order valence-corrected chi connectivity index (χ2v) is 9.39. The number of methoxy groups -OCH3 is 1. The van der Waals surface area contributed by atoms with Crippen molar-refractivity contribution in [3.05, 3.63) is 70.4 Å². The predicted octanol–water partition coefficient (Wildman–Crippen LogP) is 4.47. The average molecular weight is 479 g/mol. The van der Waals surface area contributed by atoms with E-state index in [1.807, 2.05) is 55.6 Å². The van der Waals surface area contributed by atoms with Gasteiger partial charge in [-0.1, -0.05) is 18.2 Å². The zero-order chi connectivity index (χ0) is 24.1. The number of thiophene rings is 1. The van der Waals surface area contributed by atoms with Crippen LogP contribution in [0, 0.1) is 0 Å². The monoisotopic (exact) mass is 478 g/mol. The fraction of sp³-hybridized carbons (Fsp3) is 0.308. The van der Waals surface area contributed by atoms with Crippen molar-refractivity contribution in [2.75, 3.05) is 48.4 Å². The predicted molar refractivity (Wildman–Crippen MR) is 139 cm³/mol. The molecule has 0 aliphatic carbocycles. The minimum atomic E-state index is -0.177. The number of rotatable bonds is 7. The average Bonchev–Trinajstić information content (AvgIpc) is 3.39. The lowest BCUT2D eigenvalue weighted by atomic mass is 10.1. The maximum absolute atomic E-state index is 13.1. The first-order valence-electron chi connectivity index (χ1n) is 11.4. The van der Waals surface area contributed by atoms with Gasteiger partial charge < -0.3 is 25.2 Å². The molecule has 7 nitrogen and oxygen atoms in total. The number of piperazine rings is 1. The van der Waals surface area contributed by atoms with E-state index in [0.717, 1.165) is 43.3 Å². The number of carbonyl (C=O) groups is 2. The van der Waals surface area contributed by atoms with Crippen LogP contribution in [0.4, 0.5) is 17.1 Å². The van der Waals surface area contributed by atoms with Crippen molar-refractivity contribution in [1.82, 2.24) is 5.32 Å². The first-order valence-corrected chi connectivity index (χ1v) is 12.3. The summed E-state index contributed by atoms with van der Waals surface area (Å²) in [5.74, 6) is 0.534. The van der Waals surface area contributed by atoms with Crippen molar-refractivity contribution < 1.29 is 14.3 Å². The van der Waals surface area contributed by atoms with Crippen LogP contribution in [-0.4, -0.2) is 51.1 Å². The number of ether oxygens (including phenoxy) is 1. The minimum Gasteiger partial charge on any atom is -0.495 e. The van der Waals surface area contributed by atoms with E-state index in [0.29, 0.717) is 16.1 Å². The molecule has 0 spiro atoms. The smallest absolute Gasteiger partial charge is 0.265 e. The summed E-state index contributed by atoms with van der Waals surface area (Å²) in [6.07, 6.45) is 0. The van der Waals surface area contributed by atoms with Gasteiger partial charge in [0.15, 0.2) is 0 Å². The van der Waals surface area contributed by atoms with E-state index in [1.165, 1.54) is 11.3 Å². The maximum Gasteiger partial charge on any atom is 0.265 e. The Balaban J connectivity index is 1.54. The lowest BCUT2D eigenvalue weighted by Gasteiger charge is -2.38. The summed E-state index contributed by atoms with van der Waals surface area (Å²) in [4.78, 5) is 30.8. The Kier molecular flexibility index (Phi) is 7.37. The number of para-hydroxylation sites is 2. The number of nitrogens with zero attached hydrogens (tertiary/aromatic N) is 2. The summed E-state index contributed by atoms with van der Waals surface area (Å²) in [6, 6.07) is 17.2. The van der Waals surface area contributed by atoms with E-state index in [2.05, 4.69) is 26.5 Å². The third-order valence-electron chi connectivity index (χ3n) is 5.71. The third-order valence-corrected chi connectivity index (χ3v) is 6.58. The van der Waals surface area contributed by atoms with Crippen LogP contribution in [0.1, 0.15) is 33.9 Å². The van der Waals surface area contributed by atoms with E-state index >= 15 is 0 Å². The lowest BCUT2D eigenvalue weighted by Crippen LogP contribution is -2.47. The Labute approximate surface area is 204 Å². The molecule has 0 bridgehead atoms. The molecule has 34 heavy (non-hydrogen) atoms. The van der Waals surface area contributed by atoms with Gasteiger partial charge in [0.2, 0.25) is 0 Å². The molecular weight excluding hydrogens is 448 g/mol. The summed E-state index contributed by atoms with van der Waals surface area (Å²) >= 11 is 1.38. The highest BCUT2D eigenvalue weighted by molar-refractivity contribution is 7.12. The van der Waals surface area contributed by atoms with E-state index in [-0.39, 0.29) is 17.9 Å². The van der Waals surface area contributed by atoms with Crippen molar-refractivity contribution in [2.24, 2.45) is 0 Å². The molecule has 4 rings (SSSR count). The molecule has 0 radical (unpaired) electrons. The maximum atomic E-state index is 13.1. The highest BCUT2D eigenvalue weighted by Gasteiger charge is 2.24. The molecule has 0 unspecified atom stereocenters. The molecule has 2 heterocycles. The van der Waals surface area contributed by atoms with Gasteiger partial charge in [-0.2, -0.15) is 0 Å². The number of hydrogen-bond acceptors (Lipinski definition) is 6. The van der Waals surface area contributed by atoms with Gasteiger partial charge in [-0.25, -0.2) is 0 Å². The van der Waals surface area contributed by atoms with Crippen LogP contribution < -0.4 is 25.2 Å². The summed E-state index contributed by atoms with van der Waals surface area (Å²) in [7, 11) is 1.69. The fourth-order valence-corrected chi connectivity index (χ4v) is 4.71. The van der Waals surface area contributed by atoms with E-state index < -0.39 is 0 Å². The van der Waals surface area contributed by atoms with E-state index in [9.17, 15) is 9.59 Å². The number of hydrogen-bond donors (Lipinski definition) is 2. The zero-order valence-electron chi connectivity index (χ0n) is 19.7. The Morgan fingerprint density at radius 1 is 0.912 bits per heavy atom. The summed E-state index contributed by atoms with van der Waals surface area (Å²) in [6.45, 7) is 7.02. The summed E-state index contributed by atoms with van der Waals surface area (Å²) < 4.78 is 5.53. The first kappa shape index (κ1) is 23.6. The van der Waals surface area contributed by atoms with Crippen LogP contribution in [0.3, 0.4) is 0 Å². The second kappa shape index (κ2) is 10.6. The molecule has 178 valence electrons. The van der Waals surface area contributed by atoms with Crippen LogP contribution >= 0.6 is 11.3 Å². The summed E-state index contributed by atoms with van der Waals surface area (Å²) in [5, 5.41) is 7.77. The molecule has 1 aromatic heterocycles. The zero-order valence-corrected chi connectivity index (χ0v) is 20.5. The Morgan fingerprint density at radius 2 is 1.62 bits per heavy atom. The molecule has 3 aromatic rings. The molecule has 1 fully saturated rings. The number of anilines is 3. The van der Waals surface area contributed by atoms with Gasteiger partial charge in [-0.3, -0.25) is 9.59 Å². The van der Waals surface area contributed by atoms with Gasteiger partial charge in [0, 0.05) is 43.6 Å². The molecule has 2 N–H and O–H groups in total. The van der Waals surface area contributed by atoms with Crippen molar-refractivity contribution in [2.45, 2.75) is 19.9 Å². The van der Waals surface area contributed by atoms with Gasteiger partial charge in [0.05, 0.1) is 23.2 Å². The number of amides is 2. The van der Waals surface area contributed by atoms with Crippen molar-refractivity contribution in [3.63, 3.8) is 0 Å². The molecule has 0 atom stereocenters. The van der Waals surface area contributed by atoms with Crippen molar-refractivity contribution in [3.8, 4) is 5.75 Å². The third kappa shape index (κ3) is 5.34. The Bertz CT molecular complexity index is 1140. The Morgan fingerprint density at radius 3 is 2.26 bits per heavy atom. The van der Waals surface area contributed by atoms with Crippen molar-refractivity contribution in [1.29, 1.82) is 0 Å². The van der Waals surface area contributed by atoms with Gasteiger partial charge in [-0.15, -0.1) is 11.3 Å². The van der Waals surface area contributed by atoms with Crippen LogP contribution in [-0.2, 0) is 0 Å². The van der Waals surface area contributed by atoms with E-state index in [4.69, 9.17) is 4.74 Å². The quantitative estimate of drug-likeness (QED) is 0.524. The van der Waals surface area contributed by atoms with Gasteiger partial charge >= 0.3 is 0 Å². The Hall–Kier alpha value is -3.52. The topological polar surface area (TPSA) is 73.9 Å². The molecule has 2 aromatic carbocycles. The van der Waals surface area contributed by atoms with Gasteiger partial charge in [0.1, 0.15) is 5.75 Å². The van der Waals surface area contributed by atoms with E-state index in [1.54, 1.807) is 19.2 Å². The number of nitrogens with one attached hydrogen (secondary N) is 2. The largest absolute Gasteiger partial charge is 0.495 e. The fourth-order valence-electron chi connectivity index (χ4n) is 4.09. The second-order valence-electron chi connectivity index (χ2n) is 8.44. The highest BCUT2D eigenvalue weighted by Crippen LogP contribution is 2.31. The van der Waals surface area contributed by atoms with Crippen molar-refractivity contribution >= 4 is 40.2 Å². The van der Waals surface area contributed by atoms with Crippen LogP contribution in [0.15, 0.2) is 60.0 Å². The molecule has 0 saturated carbocycles. The minimum absolute atomic E-state index is 0.00658. The highest BCUT2D eigenvalue weighted by atomic mass is 32.1. The number of carbonyl (C=O) groups excluding carboxylic acids is 2. The molecule has 2 amide bonds. The van der Waals surface area contributed by atoms with Crippen LogP contribution in [0.25, 0.3) is 0 Å². The lowest BCUT2D eigenvalue weighted by molar-refractivity contribution is 0.0942. The van der Waals surface area contributed by atoms with Crippen LogP contribution in [0.5, 0.6) is 5.75 Å². The molecule has 1 aliphatic rings. The standard InChI is InChI=1S/C26H30N4O3S/c1-18(2)27-25(31)20-17-19(28-26(32)24-9-6-16-34-24)10-11-21(20)29-12-14-30(15-13-29)22-7-4-5-8-23(22)33-3/h4-11,16-18H,12-15H2,1-3H3,(H,27,31)(H,28,32).